The Bertz CT molecular complexity index is 414. The highest BCUT2D eigenvalue weighted by Crippen LogP contribution is 2.22. The average Bonchev–Trinajstić information content (AvgIpc) is 2.28. The molecule has 0 saturated carbocycles. The van der Waals surface area contributed by atoms with E-state index in [-0.39, 0.29) is 12.8 Å². The topological polar surface area (TPSA) is 63.6 Å². The van der Waals surface area contributed by atoms with Crippen LogP contribution in [0.15, 0.2) is 24.3 Å². The zero-order chi connectivity index (χ0) is 13.5. The number of carboxylic acids is 1. The highest BCUT2D eigenvalue weighted by Gasteiger charge is 2.19. The van der Waals surface area contributed by atoms with Crippen molar-refractivity contribution in [3.05, 3.63) is 35.4 Å². The van der Waals surface area contributed by atoms with Gasteiger partial charge < -0.3 is 9.84 Å². The van der Waals surface area contributed by atoms with Gasteiger partial charge in [-0.3, -0.25) is 9.59 Å². The maximum Gasteiger partial charge on any atom is 0.307 e. The first-order valence-electron chi connectivity index (χ1n) is 5.61. The van der Waals surface area contributed by atoms with Crippen LogP contribution in [0.1, 0.15) is 30.1 Å². The van der Waals surface area contributed by atoms with Crippen LogP contribution in [0.5, 0.6) is 0 Å². The van der Waals surface area contributed by atoms with Crippen molar-refractivity contribution >= 4 is 24.6 Å². The summed E-state index contributed by atoms with van der Waals surface area (Å²) in [5.41, 5.74) is 1.75. The molecule has 1 aromatic carbocycles. The van der Waals surface area contributed by atoms with Crippen LogP contribution in [0.2, 0.25) is 0 Å². The Morgan fingerprint density at radius 2 is 1.94 bits per heavy atom. The quantitative estimate of drug-likeness (QED) is 0.614. The first-order valence-corrected chi connectivity index (χ1v) is 6.25. The first-order chi connectivity index (χ1) is 8.52. The monoisotopic (exact) mass is 268 g/mol. The molecule has 0 aliphatic heterocycles. The summed E-state index contributed by atoms with van der Waals surface area (Å²) in [4.78, 5) is 22.2. The Hall–Kier alpha value is -1.49. The van der Waals surface area contributed by atoms with Gasteiger partial charge in [-0.15, -0.1) is 0 Å². The van der Waals surface area contributed by atoms with E-state index in [9.17, 15) is 9.59 Å². The fourth-order valence-electron chi connectivity index (χ4n) is 1.48. The van der Waals surface area contributed by atoms with Crippen molar-refractivity contribution in [2.45, 2.75) is 25.9 Å². The summed E-state index contributed by atoms with van der Waals surface area (Å²) < 4.78 is 5.16. The van der Waals surface area contributed by atoms with Crippen LogP contribution >= 0.6 is 12.6 Å². The van der Waals surface area contributed by atoms with Gasteiger partial charge in [-0.2, -0.15) is 12.6 Å². The fraction of sp³-hybridized carbons (Fsp3) is 0.385. The molecule has 0 bridgehead atoms. The number of ether oxygens (including phenoxy) is 1. The van der Waals surface area contributed by atoms with Gasteiger partial charge in [0.15, 0.2) is 0 Å². The number of carboxylic acid groups (broad SMARTS) is 1. The van der Waals surface area contributed by atoms with E-state index in [0.29, 0.717) is 11.3 Å². The van der Waals surface area contributed by atoms with Crippen molar-refractivity contribution in [3.63, 3.8) is 0 Å². The van der Waals surface area contributed by atoms with Crippen LogP contribution in [-0.2, 0) is 14.3 Å². The minimum atomic E-state index is -1.00. The molecule has 0 radical (unpaired) electrons. The van der Waals surface area contributed by atoms with E-state index in [1.807, 2.05) is 19.1 Å². The molecule has 0 saturated heterocycles. The lowest BCUT2D eigenvalue weighted by molar-refractivity contribution is -0.152. The van der Waals surface area contributed by atoms with Crippen molar-refractivity contribution in [2.24, 2.45) is 0 Å². The summed E-state index contributed by atoms with van der Waals surface area (Å²) in [5.74, 6) is -1.05. The van der Waals surface area contributed by atoms with E-state index in [1.54, 1.807) is 12.1 Å². The van der Waals surface area contributed by atoms with E-state index in [2.05, 4.69) is 12.6 Å². The first kappa shape index (κ1) is 14.6. The molecule has 1 atom stereocenters. The van der Waals surface area contributed by atoms with Crippen LogP contribution < -0.4 is 0 Å². The molecular formula is C13H16O4S. The molecule has 1 N–H and O–H groups in total. The molecule has 18 heavy (non-hydrogen) atoms. The molecule has 0 fully saturated rings. The summed E-state index contributed by atoms with van der Waals surface area (Å²) >= 11 is 3.94. The molecule has 0 amide bonds. The molecule has 0 aromatic heterocycles. The standard InChI is InChI=1S/C13H16O4S/c1-9-2-4-10(5-3-9)11(8-12(14)15)17-13(16)6-7-18/h2-5,11,18H,6-8H2,1H3,(H,14,15). The van der Waals surface area contributed by atoms with Crippen LogP contribution in [0.3, 0.4) is 0 Å². The molecule has 0 aliphatic rings. The number of benzene rings is 1. The van der Waals surface area contributed by atoms with Crippen molar-refractivity contribution in [2.75, 3.05) is 5.75 Å². The number of carbonyl (C=O) groups excluding carboxylic acids is 1. The lowest BCUT2D eigenvalue weighted by atomic mass is 10.0. The van der Waals surface area contributed by atoms with E-state index in [1.165, 1.54) is 0 Å². The van der Waals surface area contributed by atoms with Gasteiger partial charge in [-0.05, 0) is 12.5 Å². The van der Waals surface area contributed by atoms with Gasteiger partial charge >= 0.3 is 11.9 Å². The molecule has 1 unspecified atom stereocenters. The van der Waals surface area contributed by atoms with Crippen molar-refractivity contribution in [3.8, 4) is 0 Å². The molecular weight excluding hydrogens is 252 g/mol. The highest BCUT2D eigenvalue weighted by molar-refractivity contribution is 7.80. The molecule has 1 rings (SSSR count). The number of hydrogen-bond acceptors (Lipinski definition) is 4. The van der Waals surface area contributed by atoms with E-state index >= 15 is 0 Å². The Morgan fingerprint density at radius 1 is 1.33 bits per heavy atom. The third-order valence-corrected chi connectivity index (χ3v) is 2.62. The minimum Gasteiger partial charge on any atom is -0.481 e. The Balaban J connectivity index is 2.80. The predicted molar refractivity (Wildman–Crippen MR) is 70.7 cm³/mol. The molecule has 98 valence electrons. The fourth-order valence-corrected chi connectivity index (χ4v) is 1.66. The molecule has 0 aliphatic carbocycles. The lowest BCUT2D eigenvalue weighted by Gasteiger charge is -2.16. The Morgan fingerprint density at radius 3 is 2.44 bits per heavy atom. The van der Waals surface area contributed by atoms with Gasteiger partial charge in [0.2, 0.25) is 0 Å². The van der Waals surface area contributed by atoms with Crippen molar-refractivity contribution < 1.29 is 19.4 Å². The zero-order valence-electron chi connectivity index (χ0n) is 10.1. The maximum atomic E-state index is 11.4. The SMILES string of the molecule is Cc1ccc(C(CC(=O)O)OC(=O)CCS)cc1. The lowest BCUT2D eigenvalue weighted by Crippen LogP contribution is -2.15. The molecule has 1 aromatic rings. The number of aryl methyl sites for hydroxylation is 1. The second-order valence-corrected chi connectivity index (χ2v) is 4.41. The van der Waals surface area contributed by atoms with Gasteiger partial charge in [0.05, 0.1) is 12.8 Å². The Kier molecular flexibility index (Phi) is 5.71. The largest absolute Gasteiger partial charge is 0.481 e. The number of esters is 1. The van der Waals surface area contributed by atoms with Gasteiger partial charge in [0, 0.05) is 5.75 Å². The van der Waals surface area contributed by atoms with E-state index < -0.39 is 18.0 Å². The number of hydrogen-bond donors (Lipinski definition) is 2. The number of rotatable bonds is 6. The molecule has 5 heteroatoms. The number of aliphatic carboxylic acids is 1. The van der Waals surface area contributed by atoms with Crippen molar-refractivity contribution in [1.29, 1.82) is 0 Å². The van der Waals surface area contributed by atoms with Crippen LogP contribution in [0.4, 0.5) is 0 Å². The van der Waals surface area contributed by atoms with Crippen molar-refractivity contribution in [1.82, 2.24) is 0 Å². The molecule has 0 heterocycles. The highest BCUT2D eigenvalue weighted by atomic mass is 32.1. The summed E-state index contributed by atoms with van der Waals surface area (Å²) in [6, 6.07) is 7.26. The minimum absolute atomic E-state index is 0.172. The predicted octanol–water partition coefficient (Wildman–Crippen LogP) is 2.37. The third-order valence-electron chi connectivity index (χ3n) is 2.40. The van der Waals surface area contributed by atoms with Crippen LogP contribution in [0, 0.1) is 6.92 Å². The summed E-state index contributed by atoms with van der Waals surface area (Å²) in [6.45, 7) is 1.93. The Labute approximate surface area is 111 Å². The van der Waals surface area contributed by atoms with Gasteiger partial charge in [-0.1, -0.05) is 29.8 Å². The molecule has 0 spiro atoms. The zero-order valence-corrected chi connectivity index (χ0v) is 11.0. The smallest absolute Gasteiger partial charge is 0.307 e. The molecule has 4 nitrogen and oxygen atoms in total. The van der Waals surface area contributed by atoms with Gasteiger partial charge in [0.25, 0.3) is 0 Å². The average molecular weight is 268 g/mol. The second-order valence-electron chi connectivity index (χ2n) is 3.96. The van der Waals surface area contributed by atoms with Crippen LogP contribution in [-0.4, -0.2) is 22.8 Å². The van der Waals surface area contributed by atoms with E-state index in [4.69, 9.17) is 9.84 Å². The second kappa shape index (κ2) is 7.06. The van der Waals surface area contributed by atoms with Crippen LogP contribution in [0.25, 0.3) is 0 Å². The van der Waals surface area contributed by atoms with Gasteiger partial charge in [0.1, 0.15) is 6.10 Å². The van der Waals surface area contributed by atoms with E-state index in [0.717, 1.165) is 5.56 Å². The summed E-state index contributed by atoms with van der Waals surface area (Å²) in [7, 11) is 0. The normalized spacial score (nSPS) is 11.9. The van der Waals surface area contributed by atoms with Gasteiger partial charge in [-0.25, -0.2) is 0 Å². The number of carbonyl (C=O) groups is 2. The maximum absolute atomic E-state index is 11.4. The summed E-state index contributed by atoms with van der Waals surface area (Å²) in [5, 5.41) is 8.84. The number of thiol groups is 1. The summed E-state index contributed by atoms with van der Waals surface area (Å²) in [6.07, 6.45) is -0.803. The third kappa shape index (κ3) is 4.79.